The van der Waals surface area contributed by atoms with Crippen molar-refractivity contribution >= 4 is 40.0 Å². The molecule has 5 rings (SSSR count). The fourth-order valence-corrected chi connectivity index (χ4v) is 4.30. The summed E-state index contributed by atoms with van der Waals surface area (Å²) in [7, 11) is 0. The molecule has 8 nitrogen and oxygen atoms in total. The summed E-state index contributed by atoms with van der Waals surface area (Å²) in [5.74, 6) is -0.862. The monoisotopic (exact) mass is 493 g/mol. The van der Waals surface area contributed by atoms with Gasteiger partial charge in [-0.05, 0) is 41.8 Å². The molecule has 0 aliphatic carbocycles. The van der Waals surface area contributed by atoms with E-state index in [1.54, 1.807) is 28.2 Å². The van der Waals surface area contributed by atoms with Gasteiger partial charge in [-0.25, -0.2) is 14.5 Å². The van der Waals surface area contributed by atoms with Crippen LogP contribution in [0, 0.1) is 11.3 Å². The molecule has 0 unspecified atom stereocenters. The van der Waals surface area contributed by atoms with Crippen molar-refractivity contribution in [1.29, 1.82) is 5.26 Å². The number of aliphatic hydroxyl groups is 1. The number of aliphatic hydroxyl groups excluding tert-OH is 1. The lowest BCUT2D eigenvalue weighted by Gasteiger charge is -2.03. The number of esters is 1. The molecule has 2 N–H and O–H groups in total. The maximum atomic E-state index is 12.4. The van der Waals surface area contributed by atoms with Crippen molar-refractivity contribution in [3.05, 3.63) is 102 Å². The number of aromatic nitrogens is 4. The van der Waals surface area contributed by atoms with Gasteiger partial charge in [0, 0.05) is 17.8 Å². The van der Waals surface area contributed by atoms with Crippen LogP contribution in [0.15, 0.2) is 90.1 Å². The maximum absolute atomic E-state index is 12.4. The number of nitriles is 1. The number of nitrogens with zero attached hydrogens (tertiary/aromatic N) is 4. The highest BCUT2D eigenvalue weighted by Crippen LogP contribution is 2.28. The molecule has 5 aromatic rings. The summed E-state index contributed by atoms with van der Waals surface area (Å²) in [4.78, 5) is 20.7. The van der Waals surface area contributed by atoms with Crippen LogP contribution in [0.2, 0.25) is 0 Å². The van der Waals surface area contributed by atoms with Crippen LogP contribution in [0.5, 0.6) is 0 Å². The standard InChI is InChI=1S/C27H19N5O3S/c28-15-20(27-29-21-9-4-5-10-22(21)30-27)23(33)17-35-25(34)13-12-18-16-32(19-7-2-1-3-8-19)31-26(18)24-11-6-14-36-24/h1-14,16,33H,17H2,(H,29,30)/b13-12+,23-20+. The Kier molecular flexibility index (Phi) is 6.42. The van der Waals surface area contributed by atoms with Crippen LogP contribution in [0.1, 0.15) is 11.4 Å². The van der Waals surface area contributed by atoms with E-state index in [4.69, 9.17) is 9.84 Å². The summed E-state index contributed by atoms with van der Waals surface area (Å²) >= 11 is 1.55. The third kappa shape index (κ3) is 4.80. The molecule has 3 heterocycles. The van der Waals surface area contributed by atoms with Gasteiger partial charge >= 0.3 is 5.97 Å². The van der Waals surface area contributed by atoms with Gasteiger partial charge in [0.25, 0.3) is 0 Å². The number of thiophene rings is 1. The number of ether oxygens (including phenoxy) is 1. The lowest BCUT2D eigenvalue weighted by Crippen LogP contribution is -2.06. The Morgan fingerprint density at radius 3 is 2.69 bits per heavy atom. The van der Waals surface area contributed by atoms with Crippen LogP contribution in [-0.2, 0) is 9.53 Å². The molecule has 0 atom stereocenters. The van der Waals surface area contributed by atoms with E-state index in [-0.39, 0.29) is 11.4 Å². The minimum atomic E-state index is -0.673. The SMILES string of the molecule is N#C/C(=C(\O)COC(=O)/C=C/c1cn(-c2ccccc2)nc1-c1cccs1)c1nc2ccccc2[nH]1. The van der Waals surface area contributed by atoms with Crippen molar-refractivity contribution in [2.75, 3.05) is 6.61 Å². The zero-order chi connectivity index (χ0) is 24.9. The molecule has 0 spiro atoms. The smallest absolute Gasteiger partial charge is 0.331 e. The van der Waals surface area contributed by atoms with E-state index in [0.717, 1.165) is 27.3 Å². The molecule has 0 bridgehead atoms. The summed E-state index contributed by atoms with van der Waals surface area (Å²) in [6, 6.07) is 22.7. The van der Waals surface area contributed by atoms with Crippen LogP contribution in [-0.4, -0.2) is 37.4 Å². The lowest BCUT2D eigenvalue weighted by atomic mass is 10.2. The lowest BCUT2D eigenvalue weighted by molar-refractivity contribution is -0.137. The van der Waals surface area contributed by atoms with E-state index in [1.165, 1.54) is 6.08 Å². The molecule has 36 heavy (non-hydrogen) atoms. The Morgan fingerprint density at radius 1 is 1.14 bits per heavy atom. The number of hydrogen-bond donors (Lipinski definition) is 2. The molecule has 0 radical (unpaired) electrons. The Balaban J connectivity index is 1.33. The van der Waals surface area contributed by atoms with Gasteiger partial charge in [0.15, 0.2) is 11.6 Å². The third-order valence-electron chi connectivity index (χ3n) is 5.29. The number of benzene rings is 2. The van der Waals surface area contributed by atoms with Crippen LogP contribution >= 0.6 is 11.3 Å². The first-order valence-electron chi connectivity index (χ1n) is 10.9. The van der Waals surface area contributed by atoms with Gasteiger partial charge in [-0.3, -0.25) is 0 Å². The normalized spacial score (nSPS) is 12.0. The molecule has 9 heteroatoms. The molecule has 0 saturated heterocycles. The fraction of sp³-hybridized carbons (Fsp3) is 0.0370. The molecule has 3 aromatic heterocycles. The fourth-order valence-electron chi connectivity index (χ4n) is 3.57. The van der Waals surface area contributed by atoms with Crippen molar-refractivity contribution < 1.29 is 14.6 Å². The average molecular weight is 494 g/mol. The Morgan fingerprint density at radius 2 is 1.94 bits per heavy atom. The van der Waals surface area contributed by atoms with Gasteiger partial charge in [0.2, 0.25) is 0 Å². The molecule has 176 valence electrons. The number of rotatable bonds is 7. The number of carbonyl (C=O) groups is 1. The summed E-state index contributed by atoms with van der Waals surface area (Å²) < 4.78 is 6.93. The van der Waals surface area contributed by atoms with E-state index in [0.29, 0.717) is 5.52 Å². The zero-order valence-electron chi connectivity index (χ0n) is 18.8. The largest absolute Gasteiger partial charge is 0.507 e. The molecular formula is C27H19N5O3S. The maximum Gasteiger partial charge on any atom is 0.331 e. The quantitative estimate of drug-likeness (QED) is 0.133. The van der Waals surface area contributed by atoms with Gasteiger partial charge in [-0.1, -0.05) is 36.4 Å². The van der Waals surface area contributed by atoms with Crippen molar-refractivity contribution in [1.82, 2.24) is 19.7 Å². The second-order valence-corrected chi connectivity index (χ2v) is 8.62. The highest BCUT2D eigenvalue weighted by atomic mass is 32.1. The summed E-state index contributed by atoms with van der Waals surface area (Å²) in [5.41, 5.74) is 3.65. The first kappa shape index (κ1) is 22.8. The average Bonchev–Trinajstić information content (AvgIpc) is 3.66. The molecule has 0 amide bonds. The van der Waals surface area contributed by atoms with Crippen LogP contribution in [0.25, 0.3) is 38.9 Å². The van der Waals surface area contributed by atoms with E-state index >= 15 is 0 Å². The molecule has 2 aromatic carbocycles. The second kappa shape index (κ2) is 10.1. The number of nitrogens with one attached hydrogen (secondary N) is 1. The number of imidazole rings is 1. The van der Waals surface area contributed by atoms with E-state index in [9.17, 15) is 15.2 Å². The molecule has 0 fully saturated rings. The Bertz CT molecular complexity index is 1590. The summed E-state index contributed by atoms with van der Waals surface area (Å²) in [5, 5.41) is 26.6. The molecule has 0 saturated carbocycles. The van der Waals surface area contributed by atoms with Gasteiger partial charge < -0.3 is 14.8 Å². The first-order chi connectivity index (χ1) is 17.6. The summed E-state index contributed by atoms with van der Waals surface area (Å²) in [6.45, 7) is -0.468. The Labute approximate surface area is 210 Å². The van der Waals surface area contributed by atoms with Gasteiger partial charge in [0.1, 0.15) is 23.9 Å². The molecular weight excluding hydrogens is 474 g/mol. The second-order valence-electron chi connectivity index (χ2n) is 7.67. The topological polar surface area (TPSA) is 117 Å². The predicted octanol–water partition coefficient (Wildman–Crippen LogP) is 5.53. The van der Waals surface area contributed by atoms with E-state index < -0.39 is 18.3 Å². The minimum Gasteiger partial charge on any atom is -0.507 e. The van der Waals surface area contributed by atoms with E-state index in [1.807, 2.05) is 78.3 Å². The van der Waals surface area contributed by atoms with Crippen molar-refractivity contribution in [3.8, 4) is 22.3 Å². The highest BCUT2D eigenvalue weighted by molar-refractivity contribution is 7.13. The van der Waals surface area contributed by atoms with Crippen molar-refractivity contribution in [3.63, 3.8) is 0 Å². The van der Waals surface area contributed by atoms with E-state index in [2.05, 4.69) is 9.97 Å². The third-order valence-corrected chi connectivity index (χ3v) is 6.17. The number of fused-ring (bicyclic) bond motifs is 1. The van der Waals surface area contributed by atoms with Crippen LogP contribution in [0.4, 0.5) is 0 Å². The Hall–Kier alpha value is -4.94. The first-order valence-corrected chi connectivity index (χ1v) is 11.8. The van der Waals surface area contributed by atoms with Crippen LogP contribution in [0.3, 0.4) is 0 Å². The number of para-hydroxylation sites is 3. The van der Waals surface area contributed by atoms with Crippen LogP contribution < -0.4 is 0 Å². The predicted molar refractivity (Wildman–Crippen MR) is 138 cm³/mol. The molecule has 0 aliphatic heterocycles. The number of aromatic amines is 1. The number of hydrogen-bond acceptors (Lipinski definition) is 7. The van der Waals surface area contributed by atoms with Gasteiger partial charge in [-0.2, -0.15) is 10.4 Å². The molecule has 0 aliphatic rings. The van der Waals surface area contributed by atoms with Gasteiger partial charge in [-0.15, -0.1) is 11.3 Å². The zero-order valence-corrected chi connectivity index (χ0v) is 19.6. The summed E-state index contributed by atoms with van der Waals surface area (Å²) in [6.07, 6.45) is 4.72. The van der Waals surface area contributed by atoms with Gasteiger partial charge in [0.05, 0.1) is 21.6 Å². The number of allylic oxidation sites excluding steroid dienone is 1. The van der Waals surface area contributed by atoms with Crippen molar-refractivity contribution in [2.45, 2.75) is 0 Å². The number of H-pyrrole nitrogens is 1. The highest BCUT2D eigenvalue weighted by Gasteiger charge is 2.15. The minimum absolute atomic E-state index is 0.0906. The number of carbonyl (C=O) groups excluding carboxylic acids is 1. The van der Waals surface area contributed by atoms with Crippen molar-refractivity contribution in [2.24, 2.45) is 0 Å².